The molecule has 106 valence electrons. The second kappa shape index (κ2) is 4.41. The minimum absolute atomic E-state index is 0.0784. The number of fused-ring (bicyclic) bond motifs is 1. The molecule has 0 atom stereocenters. The lowest BCUT2D eigenvalue weighted by Crippen LogP contribution is -2.26. The highest BCUT2D eigenvalue weighted by atomic mass is 16.1. The molecule has 0 amide bonds. The van der Waals surface area contributed by atoms with Crippen LogP contribution in [-0.4, -0.2) is 25.6 Å². The maximum Gasteiger partial charge on any atom is 0.329 e. The molecule has 0 aliphatic heterocycles. The first-order chi connectivity index (χ1) is 9.72. The van der Waals surface area contributed by atoms with E-state index in [9.17, 15) is 4.79 Å². The van der Waals surface area contributed by atoms with E-state index in [0.29, 0.717) is 23.6 Å². The van der Waals surface area contributed by atoms with Gasteiger partial charge in [-0.15, -0.1) is 0 Å². The highest BCUT2D eigenvalue weighted by molar-refractivity contribution is 5.65. The number of H-pyrrole nitrogens is 1. The van der Waals surface area contributed by atoms with Crippen molar-refractivity contribution in [3.63, 3.8) is 0 Å². The lowest BCUT2D eigenvalue weighted by Gasteiger charge is -2.25. The van der Waals surface area contributed by atoms with Gasteiger partial charge in [-0.1, -0.05) is 0 Å². The molecule has 2 saturated carbocycles. The molecule has 0 aromatic carbocycles. The largest absolute Gasteiger partial charge is 0.329 e. The molecule has 2 aliphatic rings. The van der Waals surface area contributed by atoms with Crippen molar-refractivity contribution in [2.24, 2.45) is 5.73 Å². The Bertz CT molecular complexity index is 691. The third-order valence-electron chi connectivity index (χ3n) is 4.55. The summed E-state index contributed by atoms with van der Waals surface area (Å²) in [7, 11) is 0. The number of aromatic amines is 1. The van der Waals surface area contributed by atoms with Gasteiger partial charge in [0.05, 0.1) is 11.9 Å². The highest BCUT2D eigenvalue weighted by Crippen LogP contribution is 2.36. The minimum Gasteiger partial charge on any atom is -0.328 e. The summed E-state index contributed by atoms with van der Waals surface area (Å²) < 4.78 is 1.78. The summed E-state index contributed by atoms with van der Waals surface area (Å²) in [6.07, 6.45) is 8.18. The van der Waals surface area contributed by atoms with Crippen molar-refractivity contribution in [3.8, 4) is 0 Å². The van der Waals surface area contributed by atoms with Crippen LogP contribution < -0.4 is 11.4 Å². The van der Waals surface area contributed by atoms with Gasteiger partial charge in [0.1, 0.15) is 0 Å². The first-order valence-corrected chi connectivity index (χ1v) is 7.45. The number of nitrogens with two attached hydrogens (primary N) is 1. The summed E-state index contributed by atoms with van der Waals surface area (Å²) in [4.78, 5) is 23.9. The van der Waals surface area contributed by atoms with Crippen LogP contribution in [0.3, 0.4) is 0 Å². The molecule has 0 radical (unpaired) electrons. The minimum atomic E-state index is -0.0784. The molecule has 20 heavy (non-hydrogen) atoms. The maximum absolute atomic E-state index is 12.0. The second-order valence-electron chi connectivity index (χ2n) is 6.11. The van der Waals surface area contributed by atoms with Crippen LogP contribution in [0.4, 0.5) is 0 Å². The fourth-order valence-corrected chi connectivity index (χ4v) is 3.19. The fourth-order valence-electron chi connectivity index (χ4n) is 3.19. The van der Waals surface area contributed by atoms with E-state index >= 15 is 0 Å². The van der Waals surface area contributed by atoms with Gasteiger partial charge in [-0.05, 0) is 38.5 Å². The van der Waals surface area contributed by atoms with Gasteiger partial charge in [-0.2, -0.15) is 0 Å². The Morgan fingerprint density at radius 1 is 1.20 bits per heavy atom. The van der Waals surface area contributed by atoms with Crippen LogP contribution in [0.1, 0.15) is 56.2 Å². The van der Waals surface area contributed by atoms with Crippen LogP contribution in [0.25, 0.3) is 11.3 Å². The van der Waals surface area contributed by atoms with E-state index in [1.807, 2.05) is 6.20 Å². The maximum atomic E-state index is 12.0. The first-order valence-electron chi connectivity index (χ1n) is 7.45. The molecule has 0 spiro atoms. The SMILES string of the molecule is NC1CCC(c2cnc3[nH]c(=O)n(C4CC4)c3n2)CC1. The number of aromatic nitrogens is 4. The molecular weight excluding hydrogens is 254 g/mol. The molecular formula is C14H19N5O. The summed E-state index contributed by atoms with van der Waals surface area (Å²) in [5, 5.41) is 0. The van der Waals surface area contributed by atoms with Crippen molar-refractivity contribution in [1.82, 2.24) is 19.5 Å². The van der Waals surface area contributed by atoms with Crippen molar-refractivity contribution in [2.45, 2.75) is 56.5 Å². The third-order valence-corrected chi connectivity index (χ3v) is 4.55. The Balaban J connectivity index is 1.74. The highest BCUT2D eigenvalue weighted by Gasteiger charge is 2.29. The molecule has 0 bridgehead atoms. The molecule has 2 heterocycles. The predicted molar refractivity (Wildman–Crippen MR) is 75.6 cm³/mol. The third kappa shape index (κ3) is 1.95. The van der Waals surface area contributed by atoms with E-state index in [-0.39, 0.29) is 5.69 Å². The lowest BCUT2D eigenvalue weighted by molar-refractivity contribution is 0.390. The second-order valence-corrected chi connectivity index (χ2v) is 6.11. The van der Waals surface area contributed by atoms with Crippen LogP contribution in [0.5, 0.6) is 0 Å². The van der Waals surface area contributed by atoms with Crippen LogP contribution in [0, 0.1) is 0 Å². The number of rotatable bonds is 2. The van der Waals surface area contributed by atoms with E-state index in [2.05, 4.69) is 9.97 Å². The first kappa shape index (κ1) is 12.1. The molecule has 2 aromatic heterocycles. The quantitative estimate of drug-likeness (QED) is 0.866. The lowest BCUT2D eigenvalue weighted by atomic mass is 9.85. The number of hydrogen-bond acceptors (Lipinski definition) is 4. The van der Waals surface area contributed by atoms with Gasteiger partial charge in [0.25, 0.3) is 0 Å². The van der Waals surface area contributed by atoms with E-state index in [0.717, 1.165) is 49.9 Å². The standard InChI is InChI=1S/C14H19N5O/c15-9-3-1-8(2-4-9)11-7-16-12-13(17-11)19(10-5-6-10)14(20)18-12/h7-10H,1-6,15H2,(H,16,18,20). The Hall–Kier alpha value is -1.69. The molecule has 6 heteroatoms. The topological polar surface area (TPSA) is 89.6 Å². The van der Waals surface area contributed by atoms with E-state index in [4.69, 9.17) is 10.7 Å². The molecule has 4 rings (SSSR count). The summed E-state index contributed by atoms with van der Waals surface area (Å²) in [6, 6.07) is 0.653. The smallest absolute Gasteiger partial charge is 0.328 e. The van der Waals surface area contributed by atoms with Gasteiger partial charge in [-0.3, -0.25) is 9.55 Å². The van der Waals surface area contributed by atoms with Crippen molar-refractivity contribution >= 4 is 11.3 Å². The van der Waals surface area contributed by atoms with E-state index < -0.39 is 0 Å². The van der Waals surface area contributed by atoms with Gasteiger partial charge < -0.3 is 5.73 Å². The van der Waals surface area contributed by atoms with Crippen molar-refractivity contribution in [1.29, 1.82) is 0 Å². The van der Waals surface area contributed by atoms with Crippen molar-refractivity contribution in [2.75, 3.05) is 0 Å². The predicted octanol–water partition coefficient (Wildman–Crippen LogP) is 1.44. The van der Waals surface area contributed by atoms with Gasteiger partial charge >= 0.3 is 5.69 Å². The van der Waals surface area contributed by atoms with E-state index in [1.54, 1.807) is 4.57 Å². The van der Waals surface area contributed by atoms with Gasteiger partial charge in [0, 0.05) is 18.0 Å². The zero-order valence-corrected chi connectivity index (χ0v) is 11.4. The Morgan fingerprint density at radius 2 is 1.95 bits per heavy atom. The zero-order valence-electron chi connectivity index (χ0n) is 11.4. The molecule has 3 N–H and O–H groups in total. The summed E-state index contributed by atoms with van der Waals surface area (Å²) in [6.45, 7) is 0. The Morgan fingerprint density at radius 3 is 2.65 bits per heavy atom. The van der Waals surface area contributed by atoms with Crippen LogP contribution in [-0.2, 0) is 0 Å². The van der Waals surface area contributed by atoms with E-state index in [1.165, 1.54) is 0 Å². The number of imidazole rings is 1. The van der Waals surface area contributed by atoms with Crippen LogP contribution >= 0.6 is 0 Å². The zero-order chi connectivity index (χ0) is 13.7. The van der Waals surface area contributed by atoms with Crippen LogP contribution in [0.2, 0.25) is 0 Å². The molecule has 0 unspecified atom stereocenters. The van der Waals surface area contributed by atoms with Crippen LogP contribution in [0.15, 0.2) is 11.0 Å². The Kier molecular flexibility index (Phi) is 2.66. The monoisotopic (exact) mass is 273 g/mol. The summed E-state index contributed by atoms with van der Waals surface area (Å²) in [5.41, 5.74) is 8.22. The van der Waals surface area contributed by atoms with Gasteiger partial charge in [0.2, 0.25) is 0 Å². The number of hydrogen-bond donors (Lipinski definition) is 2. The Labute approximate surface area is 116 Å². The molecule has 0 saturated heterocycles. The summed E-state index contributed by atoms with van der Waals surface area (Å²) in [5.74, 6) is 0.435. The van der Waals surface area contributed by atoms with Gasteiger partial charge in [-0.25, -0.2) is 14.8 Å². The average Bonchev–Trinajstić information content (AvgIpc) is 3.22. The molecule has 6 nitrogen and oxygen atoms in total. The molecule has 2 aromatic rings. The molecule has 2 aliphatic carbocycles. The molecule has 2 fully saturated rings. The number of nitrogens with one attached hydrogen (secondary N) is 1. The average molecular weight is 273 g/mol. The van der Waals surface area contributed by atoms with Crippen molar-refractivity contribution in [3.05, 3.63) is 22.4 Å². The van der Waals surface area contributed by atoms with Crippen molar-refractivity contribution < 1.29 is 0 Å². The summed E-state index contributed by atoms with van der Waals surface area (Å²) >= 11 is 0. The normalized spacial score (nSPS) is 27.1. The van der Waals surface area contributed by atoms with Gasteiger partial charge in [0.15, 0.2) is 11.3 Å². The number of nitrogens with zero attached hydrogens (tertiary/aromatic N) is 3. The fraction of sp³-hybridized carbons (Fsp3) is 0.643.